The number of anilines is 1. The second kappa shape index (κ2) is 5.67. The molecule has 0 radical (unpaired) electrons. The van der Waals surface area contributed by atoms with Crippen LogP contribution < -0.4 is 5.32 Å². The van der Waals surface area contributed by atoms with E-state index in [1.807, 2.05) is 38.1 Å². The molecule has 0 saturated carbocycles. The van der Waals surface area contributed by atoms with Gasteiger partial charge in [0.15, 0.2) is 5.82 Å². The SMILES string of the molecule is CCNc1cc(C)nc(-c2ccc(Cl)cc2Br)n1. The molecule has 0 aliphatic heterocycles. The minimum Gasteiger partial charge on any atom is -0.370 e. The molecule has 1 aromatic heterocycles. The molecule has 94 valence electrons. The van der Waals surface area contributed by atoms with Gasteiger partial charge in [0.2, 0.25) is 0 Å². The van der Waals surface area contributed by atoms with Gasteiger partial charge in [-0.15, -0.1) is 0 Å². The van der Waals surface area contributed by atoms with E-state index in [0.717, 1.165) is 28.1 Å². The molecule has 0 atom stereocenters. The van der Waals surface area contributed by atoms with Crippen molar-refractivity contribution in [2.24, 2.45) is 0 Å². The van der Waals surface area contributed by atoms with Crippen molar-refractivity contribution in [1.29, 1.82) is 0 Å². The number of nitrogens with zero attached hydrogens (tertiary/aromatic N) is 2. The van der Waals surface area contributed by atoms with Crippen LogP contribution in [0.5, 0.6) is 0 Å². The number of aromatic nitrogens is 2. The van der Waals surface area contributed by atoms with Crippen LogP contribution in [0, 0.1) is 6.92 Å². The van der Waals surface area contributed by atoms with Crippen molar-refractivity contribution in [3.63, 3.8) is 0 Å². The van der Waals surface area contributed by atoms with E-state index in [1.54, 1.807) is 0 Å². The van der Waals surface area contributed by atoms with E-state index in [1.165, 1.54) is 0 Å². The van der Waals surface area contributed by atoms with Crippen molar-refractivity contribution in [1.82, 2.24) is 9.97 Å². The zero-order valence-electron chi connectivity index (χ0n) is 10.2. The maximum absolute atomic E-state index is 5.93. The minimum absolute atomic E-state index is 0.685. The summed E-state index contributed by atoms with van der Waals surface area (Å²) in [6.45, 7) is 4.82. The third-order valence-corrected chi connectivity index (χ3v) is 3.28. The van der Waals surface area contributed by atoms with Gasteiger partial charge in [0.25, 0.3) is 0 Å². The topological polar surface area (TPSA) is 37.8 Å². The first kappa shape index (κ1) is 13.3. The van der Waals surface area contributed by atoms with Crippen molar-refractivity contribution in [2.75, 3.05) is 11.9 Å². The van der Waals surface area contributed by atoms with Gasteiger partial charge < -0.3 is 5.32 Å². The second-order valence-electron chi connectivity index (χ2n) is 3.87. The fraction of sp³-hybridized carbons (Fsp3) is 0.231. The monoisotopic (exact) mass is 325 g/mol. The number of benzene rings is 1. The fourth-order valence-corrected chi connectivity index (χ4v) is 2.49. The van der Waals surface area contributed by atoms with E-state index in [0.29, 0.717) is 10.8 Å². The first-order valence-electron chi connectivity index (χ1n) is 5.65. The predicted octanol–water partition coefficient (Wildman–Crippen LogP) is 4.30. The average Bonchev–Trinajstić information content (AvgIpc) is 2.28. The molecule has 3 nitrogen and oxygen atoms in total. The van der Waals surface area contributed by atoms with Gasteiger partial charge in [-0.05, 0) is 48.0 Å². The van der Waals surface area contributed by atoms with Crippen LogP contribution >= 0.6 is 27.5 Å². The Balaban J connectivity index is 2.49. The van der Waals surface area contributed by atoms with E-state index in [2.05, 4.69) is 31.2 Å². The molecule has 0 spiro atoms. The maximum atomic E-state index is 5.93. The normalized spacial score (nSPS) is 10.4. The smallest absolute Gasteiger partial charge is 0.162 e. The van der Waals surface area contributed by atoms with E-state index >= 15 is 0 Å². The van der Waals surface area contributed by atoms with Crippen molar-refractivity contribution in [3.05, 3.63) is 39.5 Å². The molecule has 5 heteroatoms. The molecule has 1 aromatic carbocycles. The first-order chi connectivity index (χ1) is 8.60. The lowest BCUT2D eigenvalue weighted by atomic mass is 10.2. The minimum atomic E-state index is 0.685. The lowest BCUT2D eigenvalue weighted by molar-refractivity contribution is 1.08. The molecule has 0 aliphatic carbocycles. The molecular formula is C13H13BrClN3. The Bertz CT molecular complexity index is 572. The zero-order valence-corrected chi connectivity index (χ0v) is 12.5. The van der Waals surface area contributed by atoms with Gasteiger partial charge in [0, 0.05) is 33.4 Å². The van der Waals surface area contributed by atoms with E-state index < -0.39 is 0 Å². The highest BCUT2D eigenvalue weighted by Crippen LogP contribution is 2.29. The third-order valence-electron chi connectivity index (χ3n) is 2.38. The second-order valence-corrected chi connectivity index (χ2v) is 5.16. The Morgan fingerprint density at radius 3 is 2.72 bits per heavy atom. The summed E-state index contributed by atoms with van der Waals surface area (Å²) in [5, 5.41) is 3.88. The number of halogens is 2. The van der Waals surface area contributed by atoms with Crippen molar-refractivity contribution < 1.29 is 0 Å². The Hall–Kier alpha value is -1.13. The van der Waals surface area contributed by atoms with Crippen LogP contribution in [-0.4, -0.2) is 16.5 Å². The average molecular weight is 327 g/mol. The Labute approximate surface area is 120 Å². The Kier molecular flexibility index (Phi) is 4.19. The number of nitrogens with one attached hydrogen (secondary N) is 1. The molecule has 2 aromatic rings. The molecule has 0 aliphatic rings. The van der Waals surface area contributed by atoms with Gasteiger partial charge in [0.1, 0.15) is 5.82 Å². The molecule has 1 N–H and O–H groups in total. The quantitative estimate of drug-likeness (QED) is 0.914. The highest BCUT2D eigenvalue weighted by atomic mass is 79.9. The summed E-state index contributed by atoms with van der Waals surface area (Å²) in [6.07, 6.45) is 0. The fourth-order valence-electron chi connectivity index (χ4n) is 1.63. The zero-order chi connectivity index (χ0) is 13.1. The van der Waals surface area contributed by atoms with Gasteiger partial charge in [0.05, 0.1) is 0 Å². The first-order valence-corrected chi connectivity index (χ1v) is 6.82. The van der Waals surface area contributed by atoms with Gasteiger partial charge in [-0.2, -0.15) is 0 Å². The van der Waals surface area contributed by atoms with Gasteiger partial charge in [-0.25, -0.2) is 9.97 Å². The summed E-state index contributed by atoms with van der Waals surface area (Å²) in [4.78, 5) is 8.94. The van der Waals surface area contributed by atoms with Crippen LogP contribution in [0.2, 0.25) is 5.02 Å². The molecule has 0 saturated heterocycles. The summed E-state index contributed by atoms with van der Waals surface area (Å²) in [5.41, 5.74) is 1.86. The van der Waals surface area contributed by atoms with Gasteiger partial charge in [-0.3, -0.25) is 0 Å². The standard InChI is InChI=1S/C13H13BrClN3/c1-3-16-12-6-8(2)17-13(18-12)10-5-4-9(15)7-11(10)14/h4-7H,3H2,1-2H3,(H,16,17,18). The summed E-state index contributed by atoms with van der Waals surface area (Å²) < 4.78 is 0.892. The molecule has 2 rings (SSSR count). The molecule has 1 heterocycles. The Morgan fingerprint density at radius 1 is 1.28 bits per heavy atom. The van der Waals surface area contributed by atoms with Crippen LogP contribution in [-0.2, 0) is 0 Å². The lowest BCUT2D eigenvalue weighted by Crippen LogP contribution is -2.02. The van der Waals surface area contributed by atoms with E-state index in [-0.39, 0.29) is 0 Å². The summed E-state index contributed by atoms with van der Waals surface area (Å²) in [7, 11) is 0. The highest BCUT2D eigenvalue weighted by Gasteiger charge is 2.08. The molecule has 0 bridgehead atoms. The molecular weight excluding hydrogens is 314 g/mol. The molecule has 0 amide bonds. The van der Waals surface area contributed by atoms with Crippen LogP contribution in [0.4, 0.5) is 5.82 Å². The van der Waals surface area contributed by atoms with Crippen LogP contribution in [0.3, 0.4) is 0 Å². The van der Waals surface area contributed by atoms with E-state index in [9.17, 15) is 0 Å². The number of rotatable bonds is 3. The van der Waals surface area contributed by atoms with Crippen molar-refractivity contribution in [3.8, 4) is 11.4 Å². The summed E-state index contributed by atoms with van der Waals surface area (Å²) >= 11 is 9.42. The number of hydrogen-bond acceptors (Lipinski definition) is 3. The van der Waals surface area contributed by atoms with Gasteiger partial charge >= 0.3 is 0 Å². The van der Waals surface area contributed by atoms with Gasteiger partial charge in [-0.1, -0.05) is 11.6 Å². The van der Waals surface area contributed by atoms with E-state index in [4.69, 9.17) is 11.6 Å². The predicted molar refractivity (Wildman–Crippen MR) is 79.1 cm³/mol. The maximum Gasteiger partial charge on any atom is 0.162 e. The summed E-state index contributed by atoms with van der Waals surface area (Å²) in [6, 6.07) is 7.52. The number of aryl methyl sites for hydroxylation is 1. The third kappa shape index (κ3) is 3.00. The highest BCUT2D eigenvalue weighted by molar-refractivity contribution is 9.10. The Morgan fingerprint density at radius 2 is 2.06 bits per heavy atom. The van der Waals surface area contributed by atoms with Crippen LogP contribution in [0.25, 0.3) is 11.4 Å². The van der Waals surface area contributed by atoms with Crippen LogP contribution in [0.15, 0.2) is 28.7 Å². The number of hydrogen-bond donors (Lipinski definition) is 1. The largest absolute Gasteiger partial charge is 0.370 e. The summed E-state index contributed by atoms with van der Waals surface area (Å²) in [5.74, 6) is 1.52. The molecule has 18 heavy (non-hydrogen) atoms. The van der Waals surface area contributed by atoms with Crippen LogP contribution in [0.1, 0.15) is 12.6 Å². The molecule has 0 unspecified atom stereocenters. The van der Waals surface area contributed by atoms with Crippen molar-refractivity contribution >= 4 is 33.3 Å². The van der Waals surface area contributed by atoms with Crippen molar-refractivity contribution in [2.45, 2.75) is 13.8 Å². The lowest BCUT2D eigenvalue weighted by Gasteiger charge is -2.08. The molecule has 0 fully saturated rings.